The van der Waals surface area contributed by atoms with E-state index in [2.05, 4.69) is 10.3 Å². The second-order valence-electron chi connectivity index (χ2n) is 3.92. The van der Waals surface area contributed by atoms with Gasteiger partial charge in [-0.1, -0.05) is 34.8 Å². The van der Waals surface area contributed by atoms with Gasteiger partial charge in [0, 0.05) is 22.8 Å². The van der Waals surface area contributed by atoms with Crippen LogP contribution in [0.1, 0.15) is 5.69 Å². The fourth-order valence-corrected chi connectivity index (χ4v) is 3.42. The lowest BCUT2D eigenvalue weighted by Gasteiger charge is -2.09. The Balaban J connectivity index is 1.81. The van der Waals surface area contributed by atoms with E-state index in [-0.39, 0.29) is 0 Å². The second-order valence-corrected chi connectivity index (χ2v) is 6.05. The van der Waals surface area contributed by atoms with Crippen molar-refractivity contribution in [2.75, 3.05) is 5.32 Å². The number of thiazole rings is 1. The molecule has 0 fully saturated rings. The number of fused-ring (bicyclic) bond motifs is 1. The molecule has 0 radical (unpaired) electrons. The fourth-order valence-electron chi connectivity index (χ4n) is 1.75. The highest BCUT2D eigenvalue weighted by Crippen LogP contribution is 2.33. The monoisotopic (exact) mass is 331 g/mol. The molecule has 0 aliphatic heterocycles. The van der Waals surface area contributed by atoms with Crippen LogP contribution in [0.5, 0.6) is 0 Å². The van der Waals surface area contributed by atoms with E-state index < -0.39 is 0 Å². The number of nitrogens with one attached hydrogen (secondary N) is 1. The third kappa shape index (κ3) is 2.67. The zero-order valence-electron chi connectivity index (χ0n) is 9.53. The van der Waals surface area contributed by atoms with Gasteiger partial charge in [0.2, 0.25) is 0 Å². The number of aromatic nitrogens is 2. The van der Waals surface area contributed by atoms with Crippen LogP contribution in [0.25, 0.3) is 4.96 Å². The summed E-state index contributed by atoms with van der Waals surface area (Å²) >= 11 is 19.7. The predicted molar refractivity (Wildman–Crippen MR) is 81.9 cm³/mol. The van der Waals surface area contributed by atoms with Crippen LogP contribution in [0.2, 0.25) is 15.1 Å². The molecule has 98 valence electrons. The quantitative estimate of drug-likeness (QED) is 0.734. The highest BCUT2D eigenvalue weighted by Gasteiger charge is 2.09. The van der Waals surface area contributed by atoms with Crippen LogP contribution < -0.4 is 5.32 Å². The third-order valence-corrected chi connectivity index (χ3v) is 4.18. The number of imidazole rings is 1. The molecule has 3 nitrogen and oxygen atoms in total. The minimum Gasteiger partial charge on any atom is -0.377 e. The number of hydrogen-bond acceptors (Lipinski definition) is 3. The first-order valence-corrected chi connectivity index (χ1v) is 7.44. The van der Waals surface area contributed by atoms with Crippen molar-refractivity contribution in [3.63, 3.8) is 0 Å². The number of hydrogen-bond donors (Lipinski definition) is 1. The highest BCUT2D eigenvalue weighted by molar-refractivity contribution is 7.15. The lowest BCUT2D eigenvalue weighted by molar-refractivity contribution is 1.08. The first-order valence-electron chi connectivity index (χ1n) is 5.43. The van der Waals surface area contributed by atoms with Gasteiger partial charge in [0.1, 0.15) is 0 Å². The molecule has 19 heavy (non-hydrogen) atoms. The van der Waals surface area contributed by atoms with E-state index in [4.69, 9.17) is 34.8 Å². The van der Waals surface area contributed by atoms with Crippen molar-refractivity contribution in [1.82, 2.24) is 9.38 Å². The SMILES string of the molecule is Clc1cc(Cl)c(NCc2cn3ccsc3n2)c(Cl)c1. The molecule has 0 aliphatic rings. The molecule has 0 saturated carbocycles. The highest BCUT2D eigenvalue weighted by atomic mass is 35.5. The number of benzene rings is 1. The molecular weight excluding hydrogens is 325 g/mol. The average molecular weight is 333 g/mol. The summed E-state index contributed by atoms with van der Waals surface area (Å²) in [6.45, 7) is 0.551. The Morgan fingerprint density at radius 3 is 2.63 bits per heavy atom. The number of halogens is 3. The molecule has 0 saturated heterocycles. The van der Waals surface area contributed by atoms with Crippen LogP contribution >= 0.6 is 46.1 Å². The van der Waals surface area contributed by atoms with Crippen molar-refractivity contribution in [3.8, 4) is 0 Å². The summed E-state index contributed by atoms with van der Waals surface area (Å²) in [7, 11) is 0. The Hall–Kier alpha value is -0.940. The van der Waals surface area contributed by atoms with E-state index in [0.29, 0.717) is 27.3 Å². The van der Waals surface area contributed by atoms with Gasteiger partial charge in [-0.2, -0.15) is 0 Å². The molecule has 1 aromatic carbocycles. The molecule has 2 heterocycles. The molecular formula is C12H8Cl3N3S. The van der Waals surface area contributed by atoms with Gasteiger partial charge in [0.15, 0.2) is 4.96 Å². The van der Waals surface area contributed by atoms with E-state index in [9.17, 15) is 0 Å². The smallest absolute Gasteiger partial charge is 0.193 e. The molecule has 0 bridgehead atoms. The van der Waals surface area contributed by atoms with E-state index in [1.807, 2.05) is 22.2 Å². The molecule has 1 N–H and O–H groups in total. The van der Waals surface area contributed by atoms with Crippen molar-refractivity contribution < 1.29 is 0 Å². The molecule has 2 aromatic heterocycles. The maximum absolute atomic E-state index is 6.10. The van der Waals surface area contributed by atoms with Gasteiger partial charge in [-0.05, 0) is 12.1 Å². The zero-order chi connectivity index (χ0) is 13.4. The molecule has 0 atom stereocenters. The van der Waals surface area contributed by atoms with Crippen LogP contribution in [0.3, 0.4) is 0 Å². The summed E-state index contributed by atoms with van der Waals surface area (Å²) in [6, 6.07) is 3.31. The van der Waals surface area contributed by atoms with Crippen LogP contribution in [-0.4, -0.2) is 9.38 Å². The number of rotatable bonds is 3. The van der Waals surface area contributed by atoms with Crippen molar-refractivity contribution in [2.45, 2.75) is 6.54 Å². The first-order chi connectivity index (χ1) is 9.13. The van der Waals surface area contributed by atoms with Crippen molar-refractivity contribution in [1.29, 1.82) is 0 Å². The van der Waals surface area contributed by atoms with Crippen LogP contribution in [0, 0.1) is 0 Å². The molecule has 3 aromatic rings. The summed E-state index contributed by atoms with van der Waals surface area (Å²) in [5.74, 6) is 0. The molecule has 3 rings (SSSR count). The van der Waals surface area contributed by atoms with Crippen LogP contribution in [-0.2, 0) is 6.54 Å². The Morgan fingerprint density at radius 1 is 1.21 bits per heavy atom. The lowest BCUT2D eigenvalue weighted by atomic mass is 10.3. The third-order valence-electron chi connectivity index (χ3n) is 2.60. The summed E-state index contributed by atoms with van der Waals surface area (Å²) in [5, 5.41) is 6.69. The van der Waals surface area contributed by atoms with Crippen molar-refractivity contribution in [3.05, 3.63) is 50.7 Å². The normalized spacial score (nSPS) is 11.1. The van der Waals surface area contributed by atoms with Gasteiger partial charge >= 0.3 is 0 Å². The molecule has 0 unspecified atom stereocenters. The van der Waals surface area contributed by atoms with Crippen LogP contribution in [0.15, 0.2) is 29.9 Å². The van der Waals surface area contributed by atoms with E-state index in [1.165, 1.54) is 0 Å². The standard InChI is InChI=1S/C12H8Cl3N3S/c13-7-3-9(14)11(10(15)4-7)16-5-8-6-18-1-2-19-12(18)17-8/h1-4,6,16H,5H2. The first kappa shape index (κ1) is 13.1. The Kier molecular flexibility index (Phi) is 3.58. The molecule has 0 aliphatic carbocycles. The maximum atomic E-state index is 6.10. The summed E-state index contributed by atoms with van der Waals surface area (Å²) < 4.78 is 1.98. The largest absolute Gasteiger partial charge is 0.377 e. The van der Waals surface area contributed by atoms with Gasteiger partial charge in [0.25, 0.3) is 0 Å². The van der Waals surface area contributed by atoms with Gasteiger partial charge in [-0.25, -0.2) is 4.98 Å². The summed E-state index contributed by atoms with van der Waals surface area (Å²) in [5.41, 5.74) is 1.60. The Morgan fingerprint density at radius 2 is 1.95 bits per heavy atom. The molecule has 0 amide bonds. The number of nitrogens with zero attached hydrogens (tertiary/aromatic N) is 2. The van der Waals surface area contributed by atoms with E-state index in [0.717, 1.165) is 10.7 Å². The van der Waals surface area contributed by atoms with Gasteiger partial charge < -0.3 is 5.32 Å². The summed E-state index contributed by atoms with van der Waals surface area (Å²) in [6.07, 6.45) is 3.94. The lowest BCUT2D eigenvalue weighted by Crippen LogP contribution is -2.01. The average Bonchev–Trinajstić information content (AvgIpc) is 2.87. The molecule has 0 spiro atoms. The van der Waals surface area contributed by atoms with Gasteiger partial charge in [-0.15, -0.1) is 11.3 Å². The van der Waals surface area contributed by atoms with Crippen molar-refractivity contribution >= 4 is 56.8 Å². The minimum atomic E-state index is 0.499. The molecule has 7 heteroatoms. The van der Waals surface area contributed by atoms with Gasteiger partial charge in [0.05, 0.1) is 28.0 Å². The number of anilines is 1. The fraction of sp³-hybridized carbons (Fsp3) is 0.0833. The van der Waals surface area contributed by atoms with Crippen molar-refractivity contribution in [2.24, 2.45) is 0 Å². The predicted octanol–water partition coefficient (Wildman–Crippen LogP) is 4.97. The Labute approximate surface area is 128 Å². The topological polar surface area (TPSA) is 29.3 Å². The van der Waals surface area contributed by atoms with E-state index in [1.54, 1.807) is 23.5 Å². The Bertz CT molecular complexity index is 683. The summed E-state index contributed by atoms with van der Waals surface area (Å²) in [4.78, 5) is 5.43. The zero-order valence-corrected chi connectivity index (χ0v) is 12.6. The minimum absolute atomic E-state index is 0.499. The maximum Gasteiger partial charge on any atom is 0.193 e. The van der Waals surface area contributed by atoms with Gasteiger partial charge in [-0.3, -0.25) is 4.40 Å². The second kappa shape index (κ2) is 5.21. The van der Waals surface area contributed by atoms with E-state index >= 15 is 0 Å². The van der Waals surface area contributed by atoms with Crippen LogP contribution in [0.4, 0.5) is 5.69 Å².